The molecule has 6 heteroatoms. The van der Waals surface area contributed by atoms with E-state index >= 15 is 0 Å². The number of aromatic nitrogens is 4. The van der Waals surface area contributed by atoms with Gasteiger partial charge in [-0.25, -0.2) is 4.98 Å². The molecule has 0 aliphatic rings. The van der Waals surface area contributed by atoms with Gasteiger partial charge in [0, 0.05) is 20.1 Å². The number of hydrogen-bond acceptors (Lipinski definition) is 3. The minimum absolute atomic E-state index is 0.488. The van der Waals surface area contributed by atoms with Crippen LogP contribution in [0.25, 0.3) is 33.5 Å². The van der Waals surface area contributed by atoms with E-state index in [4.69, 9.17) is 9.72 Å². The van der Waals surface area contributed by atoms with Crippen LogP contribution in [-0.2, 0) is 11.5 Å². The van der Waals surface area contributed by atoms with Crippen molar-refractivity contribution in [3.8, 4) is 11.5 Å². The van der Waals surface area contributed by atoms with Crippen LogP contribution < -0.4 is 0 Å². The molecule has 0 fully saturated rings. The first kappa shape index (κ1) is 17.0. The summed E-state index contributed by atoms with van der Waals surface area (Å²) in [6.45, 7) is 8.36. The van der Waals surface area contributed by atoms with E-state index in [-0.39, 0.29) is 0 Å². The van der Waals surface area contributed by atoms with Crippen LogP contribution in [0.5, 0.6) is 0 Å². The van der Waals surface area contributed by atoms with Crippen LogP contribution in [0.2, 0.25) is 25.7 Å². The fourth-order valence-electron chi connectivity index (χ4n) is 3.06. The summed E-state index contributed by atoms with van der Waals surface area (Å²) >= 11 is 0. The van der Waals surface area contributed by atoms with E-state index < -0.39 is 8.07 Å². The van der Waals surface area contributed by atoms with Gasteiger partial charge in [-0.1, -0.05) is 50.0 Å². The lowest BCUT2D eigenvalue weighted by atomic mass is 10.2. The topological polar surface area (TPSA) is 55.7 Å². The average molecular weight is 365 g/mol. The van der Waals surface area contributed by atoms with E-state index in [9.17, 15) is 0 Å². The van der Waals surface area contributed by atoms with E-state index in [0.29, 0.717) is 6.73 Å². The summed E-state index contributed by atoms with van der Waals surface area (Å²) in [5.41, 5.74) is 3.91. The predicted molar refractivity (Wildman–Crippen MR) is 109 cm³/mol. The number of ether oxygens (including phenoxy) is 1. The third-order valence-corrected chi connectivity index (χ3v) is 6.26. The molecule has 2 aromatic heterocycles. The third kappa shape index (κ3) is 3.30. The van der Waals surface area contributed by atoms with Crippen molar-refractivity contribution in [1.82, 2.24) is 19.7 Å². The molecule has 0 aliphatic carbocycles. The van der Waals surface area contributed by atoms with Gasteiger partial charge in [0.25, 0.3) is 0 Å². The van der Waals surface area contributed by atoms with Gasteiger partial charge in [-0.05, 0) is 24.2 Å². The molecule has 0 saturated carbocycles. The molecule has 5 nitrogen and oxygen atoms in total. The van der Waals surface area contributed by atoms with Gasteiger partial charge < -0.3 is 4.74 Å². The number of benzene rings is 2. The molecule has 0 radical (unpaired) electrons. The van der Waals surface area contributed by atoms with Crippen molar-refractivity contribution in [2.45, 2.75) is 32.4 Å². The van der Waals surface area contributed by atoms with Gasteiger partial charge in [-0.3, -0.25) is 9.67 Å². The summed E-state index contributed by atoms with van der Waals surface area (Å²) in [5.74, 6) is 0.844. The lowest BCUT2D eigenvalue weighted by Crippen LogP contribution is -2.22. The van der Waals surface area contributed by atoms with E-state index in [1.165, 1.54) is 0 Å². The van der Waals surface area contributed by atoms with E-state index in [1.54, 1.807) is 0 Å². The molecule has 0 amide bonds. The maximum absolute atomic E-state index is 6.03. The van der Waals surface area contributed by atoms with Gasteiger partial charge >= 0.3 is 0 Å². The smallest absolute Gasteiger partial charge is 0.164 e. The Balaban J connectivity index is 1.72. The van der Waals surface area contributed by atoms with Crippen molar-refractivity contribution < 1.29 is 4.74 Å². The fourth-order valence-corrected chi connectivity index (χ4v) is 3.81. The number of para-hydroxylation sites is 3. The molecular formula is C20H24N4OSi. The largest absolute Gasteiger partial charge is 0.361 e. The highest BCUT2D eigenvalue weighted by atomic mass is 28.3. The van der Waals surface area contributed by atoms with Crippen LogP contribution in [0.15, 0.2) is 48.5 Å². The van der Waals surface area contributed by atoms with E-state index in [1.807, 2.05) is 36.4 Å². The lowest BCUT2D eigenvalue weighted by molar-refractivity contribution is 0.0909. The maximum atomic E-state index is 6.03. The minimum Gasteiger partial charge on any atom is -0.361 e. The van der Waals surface area contributed by atoms with Crippen LogP contribution in [0.1, 0.15) is 0 Å². The average Bonchev–Trinajstić information content (AvgIpc) is 3.19. The van der Waals surface area contributed by atoms with E-state index in [2.05, 4.69) is 46.5 Å². The number of hydrogen-bond donors (Lipinski definition) is 1. The number of nitrogens with one attached hydrogen (secondary N) is 1. The molecule has 0 spiro atoms. The fraction of sp³-hybridized carbons (Fsp3) is 0.300. The zero-order valence-electron chi connectivity index (χ0n) is 15.5. The molecule has 4 rings (SSSR count). The molecule has 2 heterocycles. The minimum atomic E-state index is -1.10. The van der Waals surface area contributed by atoms with Crippen LogP contribution in [0.4, 0.5) is 0 Å². The molecule has 26 heavy (non-hydrogen) atoms. The Morgan fingerprint density at radius 1 is 1.04 bits per heavy atom. The predicted octanol–water partition coefficient (Wildman–Crippen LogP) is 4.89. The van der Waals surface area contributed by atoms with Crippen LogP contribution >= 0.6 is 0 Å². The highest BCUT2D eigenvalue weighted by Crippen LogP contribution is 2.29. The highest BCUT2D eigenvalue weighted by Gasteiger charge is 2.18. The Bertz CT molecular complexity index is 1040. The first-order chi connectivity index (χ1) is 12.5. The first-order valence-corrected chi connectivity index (χ1v) is 12.7. The number of fused-ring (bicyclic) bond motifs is 2. The second-order valence-corrected chi connectivity index (χ2v) is 13.4. The first-order valence-electron chi connectivity index (χ1n) is 8.99. The Labute approximate surface area is 154 Å². The second kappa shape index (κ2) is 6.70. The van der Waals surface area contributed by atoms with Gasteiger partial charge in [0.2, 0.25) is 0 Å². The molecule has 1 N–H and O–H groups in total. The second-order valence-electron chi connectivity index (χ2n) is 7.82. The SMILES string of the molecule is C[Si](C)(C)CCOCn1c(-c2n[nH]c3ccccc23)nc2ccccc21. The molecule has 134 valence electrons. The van der Waals surface area contributed by atoms with E-state index in [0.717, 1.165) is 46.1 Å². The Kier molecular flexibility index (Phi) is 4.38. The number of rotatable bonds is 6. The van der Waals surface area contributed by atoms with Gasteiger partial charge in [0.15, 0.2) is 5.82 Å². The van der Waals surface area contributed by atoms with Crippen LogP contribution in [0, 0.1) is 0 Å². The van der Waals surface area contributed by atoms with Crippen molar-refractivity contribution in [2.75, 3.05) is 6.61 Å². The molecule has 2 aromatic carbocycles. The zero-order chi connectivity index (χ0) is 18.1. The number of imidazole rings is 1. The maximum Gasteiger partial charge on any atom is 0.164 e. The van der Waals surface area contributed by atoms with Crippen molar-refractivity contribution in [2.24, 2.45) is 0 Å². The van der Waals surface area contributed by atoms with Gasteiger partial charge in [0.1, 0.15) is 12.4 Å². The Morgan fingerprint density at radius 3 is 2.65 bits per heavy atom. The molecule has 0 bridgehead atoms. The summed E-state index contributed by atoms with van der Waals surface area (Å²) in [6.07, 6.45) is 0. The lowest BCUT2D eigenvalue weighted by Gasteiger charge is -2.16. The molecule has 0 saturated heterocycles. The summed E-state index contributed by atoms with van der Waals surface area (Å²) < 4.78 is 8.16. The summed E-state index contributed by atoms with van der Waals surface area (Å²) in [7, 11) is -1.10. The van der Waals surface area contributed by atoms with Crippen molar-refractivity contribution >= 4 is 30.0 Å². The van der Waals surface area contributed by atoms with Gasteiger partial charge in [-0.15, -0.1) is 0 Å². The van der Waals surface area contributed by atoms with Crippen LogP contribution in [0.3, 0.4) is 0 Å². The highest BCUT2D eigenvalue weighted by molar-refractivity contribution is 6.76. The Hall–Kier alpha value is -2.44. The number of nitrogens with zero attached hydrogens (tertiary/aromatic N) is 3. The zero-order valence-corrected chi connectivity index (χ0v) is 16.5. The van der Waals surface area contributed by atoms with Gasteiger partial charge in [-0.2, -0.15) is 5.10 Å². The molecule has 0 aliphatic heterocycles. The monoisotopic (exact) mass is 364 g/mol. The summed E-state index contributed by atoms with van der Waals surface area (Å²) in [5, 5.41) is 8.71. The van der Waals surface area contributed by atoms with Crippen molar-refractivity contribution in [1.29, 1.82) is 0 Å². The third-order valence-electron chi connectivity index (χ3n) is 4.55. The van der Waals surface area contributed by atoms with Crippen molar-refractivity contribution in [3.05, 3.63) is 48.5 Å². The Morgan fingerprint density at radius 2 is 1.81 bits per heavy atom. The summed E-state index contributed by atoms with van der Waals surface area (Å²) in [4.78, 5) is 4.84. The normalized spacial score (nSPS) is 12.3. The van der Waals surface area contributed by atoms with Crippen LogP contribution in [-0.4, -0.2) is 34.4 Å². The number of H-pyrrole nitrogens is 1. The van der Waals surface area contributed by atoms with Crippen molar-refractivity contribution in [3.63, 3.8) is 0 Å². The standard InChI is InChI=1S/C20H24N4OSi/c1-26(2,3)13-12-25-14-24-18-11-7-6-10-17(18)21-20(24)19-15-8-4-5-9-16(15)22-23-19/h4-11H,12-14H2,1-3H3,(H,22,23). The molecule has 0 unspecified atom stereocenters. The molecule has 0 atom stereocenters. The number of aromatic amines is 1. The molecular weight excluding hydrogens is 340 g/mol. The summed E-state index contributed by atoms with van der Waals surface area (Å²) in [6, 6.07) is 17.5. The molecule has 4 aromatic rings. The quantitative estimate of drug-likeness (QED) is 0.391. The van der Waals surface area contributed by atoms with Gasteiger partial charge in [0.05, 0.1) is 16.6 Å².